The number of nitro groups is 1. The van der Waals surface area contributed by atoms with Gasteiger partial charge in [-0.05, 0) is 19.1 Å². The van der Waals surface area contributed by atoms with E-state index in [4.69, 9.17) is 0 Å². The van der Waals surface area contributed by atoms with Gasteiger partial charge in [-0.3, -0.25) is 10.1 Å². The molecule has 1 aromatic rings. The van der Waals surface area contributed by atoms with Crippen LogP contribution in [0.25, 0.3) is 0 Å². The van der Waals surface area contributed by atoms with Crippen molar-refractivity contribution in [2.45, 2.75) is 13.0 Å². The summed E-state index contributed by atoms with van der Waals surface area (Å²) < 4.78 is 35.4. The molecule has 1 atom stereocenters. The van der Waals surface area contributed by atoms with Crippen LogP contribution in [0, 0.1) is 15.9 Å². The zero-order valence-corrected chi connectivity index (χ0v) is 10.7. The zero-order valence-electron chi connectivity index (χ0n) is 9.88. The van der Waals surface area contributed by atoms with Gasteiger partial charge < -0.3 is 5.32 Å². The van der Waals surface area contributed by atoms with E-state index in [1.165, 1.54) is 12.1 Å². The average molecular weight is 276 g/mol. The molecule has 0 aliphatic heterocycles. The summed E-state index contributed by atoms with van der Waals surface area (Å²) in [5.74, 6) is -1.16. The number of halogens is 1. The minimum Gasteiger partial charge on any atom is -0.376 e. The number of nitro benzene ring substituents is 1. The quantitative estimate of drug-likeness (QED) is 0.651. The van der Waals surface area contributed by atoms with Gasteiger partial charge in [-0.15, -0.1) is 0 Å². The maximum atomic E-state index is 13.3. The molecular weight excluding hydrogens is 263 g/mol. The van der Waals surface area contributed by atoms with Crippen molar-refractivity contribution in [3.8, 4) is 0 Å². The van der Waals surface area contributed by atoms with Gasteiger partial charge in [-0.1, -0.05) is 6.07 Å². The fourth-order valence-corrected chi connectivity index (χ4v) is 2.57. The molecule has 0 saturated carbocycles. The summed E-state index contributed by atoms with van der Waals surface area (Å²) in [6.07, 6.45) is 1.06. The molecule has 0 amide bonds. The van der Waals surface area contributed by atoms with Crippen LogP contribution in [-0.2, 0) is 9.84 Å². The SMILES string of the molecule is CC(CS(C)(=O)=O)Nc1cccc(F)c1[N+](=O)[O-]. The van der Waals surface area contributed by atoms with Gasteiger partial charge >= 0.3 is 5.69 Å². The summed E-state index contributed by atoms with van der Waals surface area (Å²) in [4.78, 5) is 9.87. The lowest BCUT2D eigenvalue weighted by atomic mass is 10.2. The van der Waals surface area contributed by atoms with Gasteiger partial charge in [0.15, 0.2) is 0 Å². The van der Waals surface area contributed by atoms with Gasteiger partial charge in [0, 0.05) is 12.3 Å². The first-order chi connectivity index (χ1) is 8.20. The largest absolute Gasteiger partial charge is 0.376 e. The van der Waals surface area contributed by atoms with Crippen molar-refractivity contribution in [2.75, 3.05) is 17.3 Å². The molecule has 0 saturated heterocycles. The summed E-state index contributed by atoms with van der Waals surface area (Å²) >= 11 is 0. The van der Waals surface area contributed by atoms with E-state index in [1.807, 2.05) is 0 Å². The minimum absolute atomic E-state index is 0.0313. The first kappa shape index (κ1) is 14.4. The van der Waals surface area contributed by atoms with E-state index in [0.29, 0.717) is 0 Å². The van der Waals surface area contributed by atoms with Crippen molar-refractivity contribution < 1.29 is 17.7 Å². The van der Waals surface area contributed by atoms with E-state index in [9.17, 15) is 22.9 Å². The number of benzene rings is 1. The van der Waals surface area contributed by atoms with Crippen molar-refractivity contribution in [3.63, 3.8) is 0 Å². The number of nitrogens with zero attached hydrogens (tertiary/aromatic N) is 1. The van der Waals surface area contributed by atoms with E-state index in [0.717, 1.165) is 12.3 Å². The van der Waals surface area contributed by atoms with Crippen LogP contribution < -0.4 is 5.32 Å². The van der Waals surface area contributed by atoms with Crippen LogP contribution in [0.2, 0.25) is 0 Å². The number of hydrogen-bond acceptors (Lipinski definition) is 5. The maximum absolute atomic E-state index is 13.3. The molecule has 0 fully saturated rings. The van der Waals surface area contributed by atoms with Crippen LogP contribution in [0.4, 0.5) is 15.8 Å². The second kappa shape index (κ2) is 5.30. The van der Waals surface area contributed by atoms with Gasteiger partial charge in [-0.2, -0.15) is 4.39 Å². The molecule has 0 aliphatic carbocycles. The van der Waals surface area contributed by atoms with Crippen molar-refractivity contribution >= 4 is 21.2 Å². The van der Waals surface area contributed by atoms with Crippen molar-refractivity contribution in [3.05, 3.63) is 34.1 Å². The maximum Gasteiger partial charge on any atom is 0.327 e. The Bertz CT molecular complexity index is 559. The Labute approximate surface area is 104 Å². The Balaban J connectivity index is 2.98. The number of hydrogen-bond donors (Lipinski definition) is 1. The summed E-state index contributed by atoms with van der Waals surface area (Å²) in [5.41, 5.74) is -0.714. The monoisotopic (exact) mass is 276 g/mol. The van der Waals surface area contributed by atoms with E-state index in [2.05, 4.69) is 5.32 Å². The van der Waals surface area contributed by atoms with E-state index >= 15 is 0 Å². The third-order valence-corrected chi connectivity index (χ3v) is 3.23. The van der Waals surface area contributed by atoms with Crippen LogP contribution in [0.1, 0.15) is 6.92 Å². The number of sulfone groups is 1. The number of anilines is 1. The highest BCUT2D eigenvalue weighted by molar-refractivity contribution is 7.90. The zero-order chi connectivity index (χ0) is 13.9. The first-order valence-electron chi connectivity index (χ1n) is 5.08. The van der Waals surface area contributed by atoms with E-state index in [1.54, 1.807) is 6.92 Å². The third kappa shape index (κ3) is 3.95. The summed E-state index contributed by atoms with van der Waals surface area (Å²) in [7, 11) is -3.21. The van der Waals surface area contributed by atoms with Crippen LogP contribution in [0.3, 0.4) is 0 Å². The average Bonchev–Trinajstić information content (AvgIpc) is 2.13. The van der Waals surface area contributed by atoms with Crippen LogP contribution in [0.5, 0.6) is 0 Å². The van der Waals surface area contributed by atoms with E-state index in [-0.39, 0.29) is 11.4 Å². The van der Waals surface area contributed by atoms with Crippen molar-refractivity contribution in [1.29, 1.82) is 0 Å². The Kier molecular flexibility index (Phi) is 4.23. The fraction of sp³-hybridized carbons (Fsp3) is 0.400. The smallest absolute Gasteiger partial charge is 0.327 e. The number of nitrogens with one attached hydrogen (secondary N) is 1. The molecule has 18 heavy (non-hydrogen) atoms. The molecule has 1 unspecified atom stereocenters. The topological polar surface area (TPSA) is 89.3 Å². The second-order valence-corrected chi connectivity index (χ2v) is 6.22. The second-order valence-electron chi connectivity index (χ2n) is 4.03. The summed E-state index contributed by atoms with van der Waals surface area (Å²) in [6.45, 7) is 1.55. The standard InChI is InChI=1S/C10H13FN2O4S/c1-7(6-18(2,16)17)12-9-5-3-4-8(11)10(9)13(14)15/h3-5,7,12H,6H2,1-2H3. The molecule has 0 spiro atoms. The van der Waals surface area contributed by atoms with Gasteiger partial charge in [-0.25, -0.2) is 8.42 Å². The lowest BCUT2D eigenvalue weighted by Crippen LogP contribution is -2.25. The normalized spacial score (nSPS) is 13.1. The molecular formula is C10H13FN2O4S. The lowest BCUT2D eigenvalue weighted by molar-refractivity contribution is -0.386. The van der Waals surface area contributed by atoms with Crippen LogP contribution in [-0.4, -0.2) is 31.4 Å². The van der Waals surface area contributed by atoms with E-state index < -0.39 is 32.3 Å². The molecule has 1 aromatic carbocycles. The van der Waals surface area contributed by atoms with Gasteiger partial charge in [0.05, 0.1) is 10.7 Å². The fourth-order valence-electron chi connectivity index (χ4n) is 1.58. The number of rotatable bonds is 5. The third-order valence-electron chi connectivity index (χ3n) is 2.12. The van der Waals surface area contributed by atoms with Gasteiger partial charge in [0.2, 0.25) is 5.82 Å². The van der Waals surface area contributed by atoms with Crippen LogP contribution in [0.15, 0.2) is 18.2 Å². The molecule has 0 bridgehead atoms. The summed E-state index contributed by atoms with van der Waals surface area (Å²) in [6, 6.07) is 3.07. The lowest BCUT2D eigenvalue weighted by Gasteiger charge is -2.14. The Morgan fingerprint density at radius 1 is 1.50 bits per heavy atom. The predicted molar refractivity (Wildman–Crippen MR) is 65.8 cm³/mol. The van der Waals surface area contributed by atoms with Crippen molar-refractivity contribution in [1.82, 2.24) is 0 Å². The molecule has 100 valence electrons. The molecule has 6 nitrogen and oxygen atoms in total. The molecule has 0 aliphatic rings. The summed E-state index contributed by atoms with van der Waals surface area (Å²) in [5, 5.41) is 13.3. The molecule has 0 radical (unpaired) electrons. The van der Waals surface area contributed by atoms with Gasteiger partial charge in [0.25, 0.3) is 0 Å². The highest BCUT2D eigenvalue weighted by Gasteiger charge is 2.21. The molecule has 0 aromatic heterocycles. The Morgan fingerprint density at radius 2 is 2.11 bits per heavy atom. The molecule has 8 heteroatoms. The molecule has 0 heterocycles. The van der Waals surface area contributed by atoms with Crippen LogP contribution >= 0.6 is 0 Å². The minimum atomic E-state index is -3.21. The first-order valence-corrected chi connectivity index (χ1v) is 7.14. The highest BCUT2D eigenvalue weighted by Crippen LogP contribution is 2.27. The Morgan fingerprint density at radius 3 is 2.61 bits per heavy atom. The highest BCUT2D eigenvalue weighted by atomic mass is 32.2. The number of para-hydroxylation sites is 1. The van der Waals surface area contributed by atoms with Crippen molar-refractivity contribution in [2.24, 2.45) is 0 Å². The molecule has 1 N–H and O–H groups in total. The Hall–Kier alpha value is -1.70. The predicted octanol–water partition coefficient (Wildman–Crippen LogP) is 1.58. The molecule has 1 rings (SSSR count). The van der Waals surface area contributed by atoms with Gasteiger partial charge in [0.1, 0.15) is 15.5 Å².